The molecule has 0 aliphatic heterocycles. The normalized spacial score (nSPS) is 10.5. The summed E-state index contributed by atoms with van der Waals surface area (Å²) >= 11 is 0. The van der Waals surface area contributed by atoms with Crippen LogP contribution in [0.5, 0.6) is 17.2 Å². The molecule has 66 valence electrons. The van der Waals surface area contributed by atoms with Crippen molar-refractivity contribution in [2.75, 3.05) is 0 Å². The molecule has 3 N–H and O–H groups in total. The van der Waals surface area contributed by atoms with E-state index in [2.05, 4.69) is 0 Å². The summed E-state index contributed by atoms with van der Waals surface area (Å²) in [7, 11) is 0. The Morgan fingerprint density at radius 3 is 2.00 bits per heavy atom. The van der Waals surface area contributed by atoms with Crippen LogP contribution in [0.25, 0.3) is 10.8 Å². The summed E-state index contributed by atoms with van der Waals surface area (Å²) in [5.74, 6) is 0.199. The maximum absolute atomic E-state index is 9.40. The third-order valence-corrected chi connectivity index (χ3v) is 1.95. The van der Waals surface area contributed by atoms with E-state index < -0.39 is 0 Å². The minimum absolute atomic E-state index is 0.0451. The van der Waals surface area contributed by atoms with Gasteiger partial charge in [0.15, 0.2) is 0 Å². The zero-order valence-electron chi connectivity index (χ0n) is 6.73. The van der Waals surface area contributed by atoms with Crippen LogP contribution in [0, 0.1) is 0 Å². The highest BCUT2D eigenvalue weighted by molar-refractivity contribution is 5.93. The lowest BCUT2D eigenvalue weighted by Gasteiger charge is -2.03. The summed E-state index contributed by atoms with van der Waals surface area (Å²) in [4.78, 5) is 0. The molecule has 13 heavy (non-hydrogen) atoms. The molecule has 0 saturated carbocycles. The number of fused-ring (bicyclic) bond motifs is 1. The highest BCUT2D eigenvalue weighted by Crippen LogP contribution is 2.33. The maximum atomic E-state index is 9.40. The van der Waals surface area contributed by atoms with Crippen molar-refractivity contribution < 1.29 is 15.3 Å². The third-order valence-electron chi connectivity index (χ3n) is 1.95. The van der Waals surface area contributed by atoms with Crippen molar-refractivity contribution in [3.8, 4) is 17.2 Å². The topological polar surface area (TPSA) is 60.7 Å². The second-order valence-corrected chi connectivity index (χ2v) is 2.83. The van der Waals surface area contributed by atoms with Crippen LogP contribution in [-0.2, 0) is 0 Å². The van der Waals surface area contributed by atoms with Crippen molar-refractivity contribution >= 4 is 10.8 Å². The number of rotatable bonds is 0. The minimum Gasteiger partial charge on any atom is -0.508 e. The van der Waals surface area contributed by atoms with Crippen molar-refractivity contribution in [1.82, 2.24) is 0 Å². The van der Waals surface area contributed by atoms with Crippen molar-refractivity contribution in [1.29, 1.82) is 0 Å². The largest absolute Gasteiger partial charge is 0.508 e. The van der Waals surface area contributed by atoms with Gasteiger partial charge in [-0.25, -0.2) is 0 Å². The van der Waals surface area contributed by atoms with Crippen LogP contribution in [-0.4, -0.2) is 15.3 Å². The van der Waals surface area contributed by atoms with Gasteiger partial charge >= 0.3 is 0 Å². The van der Waals surface area contributed by atoms with Crippen LogP contribution in [0.4, 0.5) is 0 Å². The third kappa shape index (κ3) is 1.14. The van der Waals surface area contributed by atoms with Gasteiger partial charge in [0.1, 0.15) is 17.2 Å². The summed E-state index contributed by atoms with van der Waals surface area (Å²) < 4.78 is 0. The zero-order chi connectivity index (χ0) is 9.42. The summed E-state index contributed by atoms with van der Waals surface area (Å²) in [6.45, 7) is 0. The number of phenols is 3. The first-order valence-electron chi connectivity index (χ1n) is 3.82. The van der Waals surface area contributed by atoms with Crippen LogP contribution >= 0.6 is 0 Å². The van der Waals surface area contributed by atoms with Crippen LogP contribution in [0.15, 0.2) is 30.3 Å². The highest BCUT2D eigenvalue weighted by atomic mass is 16.3. The first-order valence-corrected chi connectivity index (χ1v) is 3.82. The molecule has 0 aromatic heterocycles. The summed E-state index contributed by atoms with van der Waals surface area (Å²) in [6.07, 6.45) is 0. The molecule has 0 saturated heterocycles. The lowest BCUT2D eigenvalue weighted by atomic mass is 10.1. The van der Waals surface area contributed by atoms with Gasteiger partial charge in [0.25, 0.3) is 0 Å². The second kappa shape index (κ2) is 2.55. The molecule has 0 bridgehead atoms. The van der Waals surface area contributed by atoms with Gasteiger partial charge in [-0.1, -0.05) is 0 Å². The van der Waals surface area contributed by atoms with Gasteiger partial charge in [-0.3, -0.25) is 0 Å². The number of phenolic OH excluding ortho intramolecular Hbond substituents is 3. The molecule has 2 rings (SSSR count). The fourth-order valence-corrected chi connectivity index (χ4v) is 1.30. The number of hydrogen-bond acceptors (Lipinski definition) is 3. The molecular formula is C10H8O3. The summed E-state index contributed by atoms with van der Waals surface area (Å²) in [5, 5.41) is 28.9. The van der Waals surface area contributed by atoms with Crippen molar-refractivity contribution in [2.24, 2.45) is 0 Å². The molecule has 0 unspecified atom stereocenters. The average Bonchev–Trinajstić information content (AvgIpc) is 2.12. The fourth-order valence-electron chi connectivity index (χ4n) is 1.30. The van der Waals surface area contributed by atoms with E-state index in [0.29, 0.717) is 10.8 Å². The highest BCUT2D eigenvalue weighted by Gasteiger charge is 2.04. The van der Waals surface area contributed by atoms with Crippen LogP contribution in [0.3, 0.4) is 0 Å². The minimum atomic E-state index is 0.0451. The second-order valence-electron chi connectivity index (χ2n) is 2.83. The van der Waals surface area contributed by atoms with E-state index in [1.165, 1.54) is 24.3 Å². The Balaban J connectivity index is 2.92. The average molecular weight is 176 g/mol. The van der Waals surface area contributed by atoms with Gasteiger partial charge in [0.2, 0.25) is 0 Å². The molecule has 0 radical (unpaired) electrons. The fraction of sp³-hybridized carbons (Fsp3) is 0. The van der Waals surface area contributed by atoms with Gasteiger partial charge in [-0.2, -0.15) is 0 Å². The molecule has 0 atom stereocenters. The van der Waals surface area contributed by atoms with E-state index in [4.69, 9.17) is 5.11 Å². The zero-order valence-corrected chi connectivity index (χ0v) is 6.73. The maximum Gasteiger partial charge on any atom is 0.123 e. The van der Waals surface area contributed by atoms with Gasteiger partial charge in [0, 0.05) is 10.8 Å². The molecular weight excluding hydrogens is 168 g/mol. The molecule has 3 nitrogen and oxygen atoms in total. The van der Waals surface area contributed by atoms with Crippen molar-refractivity contribution in [2.45, 2.75) is 0 Å². The Labute approximate surface area is 74.5 Å². The SMILES string of the molecule is Oc1ccc2c(O)ccc(O)c2c1. The molecule has 2 aromatic carbocycles. The molecule has 2 aromatic rings. The lowest BCUT2D eigenvalue weighted by Crippen LogP contribution is -1.75. The summed E-state index contributed by atoms with van der Waals surface area (Å²) in [6, 6.07) is 7.22. The van der Waals surface area contributed by atoms with Gasteiger partial charge in [-0.05, 0) is 30.3 Å². The monoisotopic (exact) mass is 176 g/mol. The van der Waals surface area contributed by atoms with Gasteiger partial charge in [0.05, 0.1) is 0 Å². The van der Waals surface area contributed by atoms with Crippen molar-refractivity contribution in [3.63, 3.8) is 0 Å². The Kier molecular flexibility index (Phi) is 1.52. The van der Waals surface area contributed by atoms with E-state index in [1.54, 1.807) is 6.07 Å². The molecule has 3 heteroatoms. The number of hydrogen-bond donors (Lipinski definition) is 3. The Bertz CT molecular complexity index is 463. The van der Waals surface area contributed by atoms with E-state index in [0.717, 1.165) is 0 Å². The molecule has 0 spiro atoms. The quantitative estimate of drug-likeness (QED) is 0.537. The predicted molar refractivity (Wildman–Crippen MR) is 48.9 cm³/mol. The van der Waals surface area contributed by atoms with Crippen LogP contribution < -0.4 is 0 Å². The molecule has 0 heterocycles. The number of benzene rings is 2. The molecule has 0 amide bonds. The smallest absolute Gasteiger partial charge is 0.123 e. The van der Waals surface area contributed by atoms with E-state index in [-0.39, 0.29) is 17.2 Å². The Morgan fingerprint density at radius 2 is 1.31 bits per heavy atom. The summed E-state index contributed by atoms with van der Waals surface area (Å²) in [5.41, 5.74) is 0. The Hall–Kier alpha value is -1.90. The van der Waals surface area contributed by atoms with Gasteiger partial charge < -0.3 is 15.3 Å². The molecule has 0 aliphatic rings. The number of aromatic hydroxyl groups is 3. The molecule has 0 aliphatic carbocycles. The Morgan fingerprint density at radius 1 is 0.692 bits per heavy atom. The van der Waals surface area contributed by atoms with Crippen LogP contribution in [0.1, 0.15) is 0 Å². The molecule has 0 fully saturated rings. The van der Waals surface area contributed by atoms with Gasteiger partial charge in [-0.15, -0.1) is 0 Å². The lowest BCUT2D eigenvalue weighted by molar-refractivity contribution is 0.465. The first kappa shape index (κ1) is 7.73. The van der Waals surface area contributed by atoms with Crippen molar-refractivity contribution in [3.05, 3.63) is 30.3 Å². The predicted octanol–water partition coefficient (Wildman–Crippen LogP) is 1.96. The van der Waals surface area contributed by atoms with E-state index in [9.17, 15) is 10.2 Å². The van der Waals surface area contributed by atoms with Crippen LogP contribution in [0.2, 0.25) is 0 Å². The first-order chi connectivity index (χ1) is 6.18. The van der Waals surface area contributed by atoms with E-state index in [1.807, 2.05) is 0 Å². The standard InChI is InChI=1S/C10H8O3/c11-6-1-2-7-8(5-6)10(13)4-3-9(7)12/h1-5,11-13H. The van der Waals surface area contributed by atoms with E-state index >= 15 is 0 Å².